The van der Waals surface area contributed by atoms with Crippen LogP contribution in [-0.4, -0.2) is 31.9 Å². The smallest absolute Gasteiger partial charge is 0.341 e. The van der Waals surface area contributed by atoms with E-state index in [1.54, 1.807) is 18.2 Å². The van der Waals surface area contributed by atoms with E-state index in [0.29, 0.717) is 29.2 Å². The molecular formula is C19H21FO5. The lowest BCUT2D eigenvalue weighted by atomic mass is 10.0. The Morgan fingerprint density at radius 1 is 1.08 bits per heavy atom. The summed E-state index contributed by atoms with van der Waals surface area (Å²) in [5.74, 6) is 0.0396. The molecule has 25 heavy (non-hydrogen) atoms. The number of ether oxygens (including phenoxy) is 3. The molecule has 0 aliphatic heterocycles. The minimum atomic E-state index is -1.02. The van der Waals surface area contributed by atoms with Crippen LogP contribution in [0.4, 0.5) is 4.39 Å². The summed E-state index contributed by atoms with van der Waals surface area (Å²) in [4.78, 5) is 10.5. The van der Waals surface area contributed by atoms with Gasteiger partial charge in [0, 0.05) is 6.07 Å². The van der Waals surface area contributed by atoms with Crippen molar-refractivity contribution in [3.05, 3.63) is 53.3 Å². The Bertz CT molecular complexity index is 730. The van der Waals surface area contributed by atoms with Gasteiger partial charge in [0.1, 0.15) is 11.6 Å². The van der Waals surface area contributed by atoms with E-state index in [2.05, 4.69) is 0 Å². The van der Waals surface area contributed by atoms with Gasteiger partial charge in [0.05, 0.1) is 14.2 Å². The third kappa shape index (κ3) is 5.38. The molecule has 2 aromatic rings. The zero-order valence-electron chi connectivity index (χ0n) is 14.3. The number of benzene rings is 2. The van der Waals surface area contributed by atoms with Gasteiger partial charge < -0.3 is 19.3 Å². The first-order valence-corrected chi connectivity index (χ1v) is 7.87. The maximum absolute atomic E-state index is 14.1. The Morgan fingerprint density at radius 3 is 2.48 bits per heavy atom. The quantitative estimate of drug-likeness (QED) is 0.752. The van der Waals surface area contributed by atoms with Crippen molar-refractivity contribution in [2.75, 3.05) is 20.8 Å². The second-order valence-corrected chi connectivity index (χ2v) is 5.48. The standard InChI is InChI=1S/C19H21FO5/c1-23-17-10-14(16(20)11-18(17)24-2)7-3-5-13-6-4-8-15(9-13)25-12-19(21)22/h4,6,8-11H,3,5,7,12H2,1-2H3,(H,21,22). The molecule has 0 aliphatic rings. The van der Waals surface area contributed by atoms with E-state index < -0.39 is 5.97 Å². The van der Waals surface area contributed by atoms with Gasteiger partial charge in [-0.1, -0.05) is 12.1 Å². The Morgan fingerprint density at radius 2 is 1.80 bits per heavy atom. The first kappa shape index (κ1) is 18.6. The molecule has 0 spiro atoms. The van der Waals surface area contributed by atoms with Crippen molar-refractivity contribution in [2.45, 2.75) is 19.3 Å². The number of methoxy groups -OCH3 is 2. The largest absolute Gasteiger partial charge is 0.493 e. The summed E-state index contributed by atoms with van der Waals surface area (Å²) in [5.41, 5.74) is 1.57. The van der Waals surface area contributed by atoms with Gasteiger partial charge >= 0.3 is 5.97 Å². The van der Waals surface area contributed by atoms with Crippen molar-refractivity contribution in [3.8, 4) is 17.2 Å². The highest BCUT2D eigenvalue weighted by Gasteiger charge is 2.11. The van der Waals surface area contributed by atoms with E-state index in [4.69, 9.17) is 19.3 Å². The topological polar surface area (TPSA) is 65.0 Å². The summed E-state index contributed by atoms with van der Waals surface area (Å²) in [7, 11) is 2.98. The Labute approximate surface area is 146 Å². The number of aliphatic carboxylic acids is 1. The van der Waals surface area contributed by atoms with Crippen molar-refractivity contribution in [1.29, 1.82) is 0 Å². The summed E-state index contributed by atoms with van der Waals surface area (Å²) in [6.07, 6.45) is 2.00. The highest BCUT2D eigenvalue weighted by atomic mass is 19.1. The van der Waals surface area contributed by atoms with E-state index in [1.807, 2.05) is 12.1 Å². The zero-order valence-corrected chi connectivity index (χ0v) is 14.3. The van der Waals surface area contributed by atoms with Gasteiger partial charge in [-0.2, -0.15) is 0 Å². The van der Waals surface area contributed by atoms with Crippen molar-refractivity contribution in [2.24, 2.45) is 0 Å². The fourth-order valence-electron chi connectivity index (χ4n) is 2.51. The molecule has 0 saturated heterocycles. The minimum absolute atomic E-state index is 0.323. The number of carboxylic acids is 1. The number of aryl methyl sites for hydroxylation is 2. The first-order chi connectivity index (χ1) is 12.0. The number of rotatable bonds is 9. The molecular weight excluding hydrogens is 327 g/mol. The van der Waals surface area contributed by atoms with Crippen molar-refractivity contribution >= 4 is 5.97 Å². The van der Waals surface area contributed by atoms with Gasteiger partial charge in [0.25, 0.3) is 0 Å². The van der Waals surface area contributed by atoms with E-state index in [9.17, 15) is 9.18 Å². The number of hydrogen-bond donors (Lipinski definition) is 1. The Hall–Kier alpha value is -2.76. The molecule has 0 aliphatic carbocycles. The summed E-state index contributed by atoms with van der Waals surface area (Å²) in [6, 6.07) is 10.2. The fraction of sp³-hybridized carbons (Fsp3) is 0.316. The maximum atomic E-state index is 14.1. The highest BCUT2D eigenvalue weighted by molar-refractivity contribution is 5.68. The predicted molar refractivity (Wildman–Crippen MR) is 91.1 cm³/mol. The third-order valence-electron chi connectivity index (χ3n) is 3.72. The average molecular weight is 348 g/mol. The van der Waals surface area contributed by atoms with E-state index in [-0.39, 0.29) is 12.4 Å². The summed E-state index contributed by atoms with van der Waals surface area (Å²) in [5, 5.41) is 8.64. The molecule has 6 heteroatoms. The molecule has 134 valence electrons. The van der Waals surface area contributed by atoms with Crippen LogP contribution in [0.1, 0.15) is 17.5 Å². The predicted octanol–water partition coefficient (Wildman–Crippen LogP) is 3.48. The second-order valence-electron chi connectivity index (χ2n) is 5.48. The van der Waals surface area contributed by atoms with Crippen LogP contribution >= 0.6 is 0 Å². The molecule has 0 amide bonds. The summed E-state index contributed by atoms with van der Waals surface area (Å²) < 4.78 is 29.5. The van der Waals surface area contributed by atoms with Crippen molar-refractivity contribution < 1.29 is 28.5 Å². The van der Waals surface area contributed by atoms with Crippen molar-refractivity contribution in [3.63, 3.8) is 0 Å². The second kappa shape index (κ2) is 8.92. The maximum Gasteiger partial charge on any atom is 0.341 e. The Kier molecular flexibility index (Phi) is 6.62. The van der Waals surface area contributed by atoms with Crippen molar-refractivity contribution in [1.82, 2.24) is 0 Å². The van der Waals surface area contributed by atoms with Crippen LogP contribution in [0.3, 0.4) is 0 Å². The van der Waals surface area contributed by atoms with Gasteiger partial charge in [0.15, 0.2) is 18.1 Å². The number of carboxylic acid groups (broad SMARTS) is 1. The monoisotopic (exact) mass is 348 g/mol. The molecule has 0 fully saturated rings. The molecule has 0 bridgehead atoms. The molecule has 1 N–H and O–H groups in total. The molecule has 5 nitrogen and oxygen atoms in total. The van der Waals surface area contributed by atoms with Gasteiger partial charge in [0.2, 0.25) is 0 Å². The molecule has 2 aromatic carbocycles. The van der Waals surface area contributed by atoms with Crippen LogP contribution in [0.15, 0.2) is 36.4 Å². The fourth-order valence-corrected chi connectivity index (χ4v) is 2.51. The van der Waals surface area contributed by atoms with Crippen LogP contribution < -0.4 is 14.2 Å². The molecule has 0 radical (unpaired) electrons. The van der Waals surface area contributed by atoms with E-state index in [1.165, 1.54) is 20.3 Å². The number of carbonyl (C=O) groups is 1. The van der Waals surface area contributed by atoms with Gasteiger partial charge in [-0.3, -0.25) is 0 Å². The average Bonchev–Trinajstić information content (AvgIpc) is 2.61. The Balaban J connectivity index is 1.96. The van der Waals surface area contributed by atoms with Crippen LogP contribution in [0, 0.1) is 5.82 Å². The zero-order chi connectivity index (χ0) is 18.2. The molecule has 0 aromatic heterocycles. The SMILES string of the molecule is COc1cc(F)c(CCCc2cccc(OCC(=O)O)c2)cc1OC. The normalized spacial score (nSPS) is 10.4. The van der Waals surface area contributed by atoms with E-state index in [0.717, 1.165) is 18.4 Å². The van der Waals surface area contributed by atoms with Gasteiger partial charge in [-0.15, -0.1) is 0 Å². The van der Waals surface area contributed by atoms with Crippen LogP contribution in [-0.2, 0) is 17.6 Å². The minimum Gasteiger partial charge on any atom is -0.493 e. The van der Waals surface area contributed by atoms with Crippen LogP contribution in [0.2, 0.25) is 0 Å². The first-order valence-electron chi connectivity index (χ1n) is 7.87. The molecule has 0 saturated carbocycles. The number of hydrogen-bond acceptors (Lipinski definition) is 4. The van der Waals surface area contributed by atoms with Crippen LogP contribution in [0.5, 0.6) is 17.2 Å². The van der Waals surface area contributed by atoms with Gasteiger partial charge in [-0.05, 0) is 48.6 Å². The van der Waals surface area contributed by atoms with E-state index >= 15 is 0 Å². The third-order valence-corrected chi connectivity index (χ3v) is 3.72. The summed E-state index contributed by atoms with van der Waals surface area (Å²) >= 11 is 0. The lowest BCUT2D eigenvalue weighted by molar-refractivity contribution is -0.139. The highest BCUT2D eigenvalue weighted by Crippen LogP contribution is 2.30. The summed E-state index contributed by atoms with van der Waals surface area (Å²) in [6.45, 7) is -0.375. The van der Waals surface area contributed by atoms with Crippen LogP contribution in [0.25, 0.3) is 0 Å². The van der Waals surface area contributed by atoms with Gasteiger partial charge in [-0.25, -0.2) is 9.18 Å². The lowest BCUT2D eigenvalue weighted by Crippen LogP contribution is -2.09. The molecule has 0 atom stereocenters. The lowest BCUT2D eigenvalue weighted by Gasteiger charge is -2.11. The molecule has 2 rings (SSSR count). The molecule has 0 heterocycles. The molecule has 0 unspecified atom stereocenters. The number of halogens is 1.